The molecule has 6 nitrogen and oxygen atoms in total. The highest BCUT2D eigenvalue weighted by atomic mass is 16.5. The fourth-order valence-electron chi connectivity index (χ4n) is 2.46. The molecule has 1 aromatic rings. The Morgan fingerprint density at radius 1 is 1.53 bits per heavy atom. The first-order valence-electron chi connectivity index (χ1n) is 6.09. The molecule has 1 N–H and O–H groups in total. The van der Waals surface area contributed by atoms with E-state index in [1.807, 2.05) is 11.8 Å². The number of aliphatic carboxylic acids is 1. The first-order chi connectivity index (χ1) is 9.06. The van der Waals surface area contributed by atoms with Crippen molar-refractivity contribution in [3.63, 3.8) is 0 Å². The minimum Gasteiger partial charge on any atom is -0.481 e. The molecule has 19 heavy (non-hydrogen) atoms. The SMILES string of the molecule is COC(=O)c1cccnc1N1CCC(C(=O)O)C1C. The van der Waals surface area contributed by atoms with Crippen LogP contribution in [-0.4, -0.2) is 41.7 Å². The number of methoxy groups -OCH3 is 1. The first kappa shape index (κ1) is 13.3. The molecule has 0 aliphatic carbocycles. The molecule has 1 saturated heterocycles. The number of anilines is 1. The summed E-state index contributed by atoms with van der Waals surface area (Å²) in [6, 6.07) is 3.09. The molecule has 2 unspecified atom stereocenters. The number of pyridine rings is 1. The fourth-order valence-corrected chi connectivity index (χ4v) is 2.46. The maximum Gasteiger partial charge on any atom is 0.341 e. The van der Waals surface area contributed by atoms with Crippen molar-refractivity contribution >= 4 is 17.8 Å². The molecule has 2 rings (SSSR count). The van der Waals surface area contributed by atoms with Crippen LogP contribution in [0, 0.1) is 5.92 Å². The van der Waals surface area contributed by atoms with Crippen LogP contribution in [-0.2, 0) is 9.53 Å². The molecule has 6 heteroatoms. The number of carbonyl (C=O) groups excluding carboxylic acids is 1. The maximum absolute atomic E-state index is 11.7. The topological polar surface area (TPSA) is 79.7 Å². The van der Waals surface area contributed by atoms with Crippen LogP contribution in [0.15, 0.2) is 18.3 Å². The van der Waals surface area contributed by atoms with Crippen molar-refractivity contribution in [3.8, 4) is 0 Å². The van der Waals surface area contributed by atoms with E-state index in [0.717, 1.165) is 0 Å². The lowest BCUT2D eigenvalue weighted by Gasteiger charge is -2.25. The molecular weight excluding hydrogens is 248 g/mol. The molecular formula is C13H16N2O4. The highest BCUT2D eigenvalue weighted by Gasteiger charge is 2.37. The zero-order chi connectivity index (χ0) is 14.0. The van der Waals surface area contributed by atoms with Crippen molar-refractivity contribution in [1.82, 2.24) is 4.98 Å². The Bertz CT molecular complexity index is 503. The van der Waals surface area contributed by atoms with Crippen LogP contribution in [0.4, 0.5) is 5.82 Å². The summed E-state index contributed by atoms with van der Waals surface area (Å²) in [5.74, 6) is -1.22. The largest absolute Gasteiger partial charge is 0.481 e. The summed E-state index contributed by atoms with van der Waals surface area (Å²) in [5, 5.41) is 9.13. The van der Waals surface area contributed by atoms with Gasteiger partial charge in [-0.2, -0.15) is 0 Å². The molecule has 0 amide bonds. The zero-order valence-corrected chi connectivity index (χ0v) is 10.9. The highest BCUT2D eigenvalue weighted by Crippen LogP contribution is 2.30. The van der Waals surface area contributed by atoms with Crippen molar-refractivity contribution in [2.24, 2.45) is 5.92 Å². The van der Waals surface area contributed by atoms with E-state index in [2.05, 4.69) is 4.98 Å². The minimum absolute atomic E-state index is 0.198. The maximum atomic E-state index is 11.7. The molecule has 2 heterocycles. The van der Waals surface area contributed by atoms with Crippen LogP contribution in [0.5, 0.6) is 0 Å². The molecule has 1 aliphatic heterocycles. The molecule has 0 aromatic carbocycles. The van der Waals surface area contributed by atoms with E-state index < -0.39 is 17.9 Å². The summed E-state index contributed by atoms with van der Waals surface area (Å²) < 4.78 is 4.72. The number of aromatic nitrogens is 1. The van der Waals surface area contributed by atoms with Crippen molar-refractivity contribution in [2.45, 2.75) is 19.4 Å². The number of carbonyl (C=O) groups is 2. The number of carboxylic acids is 1. The fraction of sp³-hybridized carbons (Fsp3) is 0.462. The molecule has 0 radical (unpaired) electrons. The lowest BCUT2D eigenvalue weighted by molar-refractivity contribution is -0.141. The van der Waals surface area contributed by atoms with Crippen LogP contribution in [0.25, 0.3) is 0 Å². The van der Waals surface area contributed by atoms with Gasteiger partial charge in [-0.25, -0.2) is 9.78 Å². The van der Waals surface area contributed by atoms with Crippen LogP contribution >= 0.6 is 0 Å². The van der Waals surface area contributed by atoms with E-state index >= 15 is 0 Å². The Labute approximate surface area is 111 Å². The van der Waals surface area contributed by atoms with Gasteiger partial charge >= 0.3 is 11.9 Å². The minimum atomic E-state index is -0.814. The molecule has 0 bridgehead atoms. The lowest BCUT2D eigenvalue weighted by atomic mass is 10.0. The van der Waals surface area contributed by atoms with Gasteiger partial charge in [0, 0.05) is 18.8 Å². The Balaban J connectivity index is 2.33. The van der Waals surface area contributed by atoms with Crippen LogP contribution in [0.2, 0.25) is 0 Å². The van der Waals surface area contributed by atoms with Gasteiger partial charge in [0.15, 0.2) is 0 Å². The lowest BCUT2D eigenvalue weighted by Crippen LogP contribution is -2.34. The molecule has 1 aromatic heterocycles. The average Bonchev–Trinajstić information content (AvgIpc) is 2.79. The van der Waals surface area contributed by atoms with Gasteiger partial charge in [0.1, 0.15) is 11.4 Å². The molecule has 0 saturated carbocycles. The van der Waals surface area contributed by atoms with Crippen molar-refractivity contribution < 1.29 is 19.4 Å². The normalized spacial score (nSPS) is 22.3. The second-order valence-corrected chi connectivity index (χ2v) is 4.53. The average molecular weight is 264 g/mol. The molecule has 0 spiro atoms. The van der Waals surface area contributed by atoms with E-state index in [9.17, 15) is 9.59 Å². The number of rotatable bonds is 3. The smallest absolute Gasteiger partial charge is 0.341 e. The first-order valence-corrected chi connectivity index (χ1v) is 6.09. The second-order valence-electron chi connectivity index (χ2n) is 4.53. The Morgan fingerprint density at radius 3 is 2.84 bits per heavy atom. The van der Waals surface area contributed by atoms with Crippen LogP contribution in [0.1, 0.15) is 23.7 Å². The van der Waals surface area contributed by atoms with Crippen LogP contribution in [0.3, 0.4) is 0 Å². The number of hydrogen-bond acceptors (Lipinski definition) is 5. The Kier molecular flexibility index (Phi) is 3.69. The van der Waals surface area contributed by atoms with Crippen LogP contribution < -0.4 is 4.90 Å². The Hall–Kier alpha value is -2.11. The molecule has 1 fully saturated rings. The summed E-state index contributed by atoms with van der Waals surface area (Å²) in [6.07, 6.45) is 2.14. The predicted molar refractivity (Wildman–Crippen MR) is 68.1 cm³/mol. The number of nitrogens with zero attached hydrogens (tertiary/aromatic N) is 2. The summed E-state index contributed by atoms with van der Waals surface area (Å²) in [6.45, 7) is 2.40. The van der Waals surface area contributed by atoms with Gasteiger partial charge in [-0.05, 0) is 25.5 Å². The van der Waals surface area contributed by atoms with Gasteiger partial charge in [-0.15, -0.1) is 0 Å². The second kappa shape index (κ2) is 5.26. The van der Waals surface area contributed by atoms with Gasteiger partial charge in [-0.3, -0.25) is 4.79 Å². The third-order valence-electron chi connectivity index (χ3n) is 3.54. The number of esters is 1. The van der Waals surface area contributed by atoms with E-state index in [1.54, 1.807) is 18.3 Å². The standard InChI is InChI=1S/C13H16N2O4/c1-8-9(12(16)17)5-7-15(8)11-10(13(18)19-2)4-3-6-14-11/h3-4,6,8-9H,5,7H2,1-2H3,(H,16,17). The molecule has 2 atom stereocenters. The van der Waals surface area contributed by atoms with Crippen molar-refractivity contribution in [1.29, 1.82) is 0 Å². The van der Waals surface area contributed by atoms with E-state index in [0.29, 0.717) is 24.3 Å². The van der Waals surface area contributed by atoms with Gasteiger partial charge < -0.3 is 14.7 Å². The summed E-state index contributed by atoms with van der Waals surface area (Å²) in [4.78, 5) is 28.9. The van der Waals surface area contributed by atoms with E-state index in [-0.39, 0.29) is 6.04 Å². The summed E-state index contributed by atoms with van der Waals surface area (Å²) >= 11 is 0. The van der Waals surface area contributed by atoms with Gasteiger partial charge in [0.25, 0.3) is 0 Å². The van der Waals surface area contributed by atoms with Gasteiger partial charge in [0.05, 0.1) is 13.0 Å². The molecule has 102 valence electrons. The monoisotopic (exact) mass is 264 g/mol. The molecule has 1 aliphatic rings. The van der Waals surface area contributed by atoms with Gasteiger partial charge in [-0.1, -0.05) is 0 Å². The quantitative estimate of drug-likeness (QED) is 0.825. The van der Waals surface area contributed by atoms with E-state index in [1.165, 1.54) is 7.11 Å². The number of ether oxygens (including phenoxy) is 1. The third kappa shape index (κ3) is 2.38. The highest BCUT2D eigenvalue weighted by molar-refractivity contribution is 5.95. The Morgan fingerprint density at radius 2 is 2.26 bits per heavy atom. The van der Waals surface area contributed by atoms with Gasteiger partial charge in [0.2, 0.25) is 0 Å². The van der Waals surface area contributed by atoms with Crippen molar-refractivity contribution in [3.05, 3.63) is 23.9 Å². The van der Waals surface area contributed by atoms with E-state index in [4.69, 9.17) is 9.84 Å². The zero-order valence-electron chi connectivity index (χ0n) is 10.9. The summed E-state index contributed by atoms with van der Waals surface area (Å²) in [7, 11) is 1.31. The number of carboxylic acid groups (broad SMARTS) is 1. The number of hydrogen-bond donors (Lipinski definition) is 1. The predicted octanol–water partition coefficient (Wildman–Crippen LogP) is 1.17. The third-order valence-corrected chi connectivity index (χ3v) is 3.54. The summed E-state index contributed by atoms with van der Waals surface area (Å²) in [5.41, 5.74) is 0.364. The van der Waals surface area contributed by atoms with Crippen molar-refractivity contribution in [2.75, 3.05) is 18.6 Å².